The maximum Gasteiger partial charge on any atom is 0.334 e. The molecule has 0 saturated carbocycles. The minimum atomic E-state index is -1.62. The molecule has 7 heteroatoms. The standard InChI is InChI=1S/C31H35NO6/c1-29(2,3)38-28(35)30(19-25(34)20-32(30)21-33)31(22-9-7-6-8-10-22,23-11-15-26(36-4)16-12-23)24-13-17-27(37-5)18-14-24/h6-18,21,25,34H,19-20H2,1-5H3/t25-,30+/m1/s1. The summed E-state index contributed by atoms with van der Waals surface area (Å²) in [7, 11) is 3.18. The number of carbonyl (C=O) groups is 2. The van der Waals surface area contributed by atoms with Gasteiger partial charge in [-0.3, -0.25) is 4.79 Å². The van der Waals surface area contributed by atoms with Gasteiger partial charge < -0.3 is 24.2 Å². The first-order chi connectivity index (χ1) is 18.1. The summed E-state index contributed by atoms with van der Waals surface area (Å²) in [5.74, 6) is 0.704. The van der Waals surface area contributed by atoms with Gasteiger partial charge in [0.05, 0.1) is 25.7 Å². The van der Waals surface area contributed by atoms with Gasteiger partial charge in [0.15, 0.2) is 5.54 Å². The van der Waals surface area contributed by atoms with Crippen LogP contribution in [0, 0.1) is 0 Å². The smallest absolute Gasteiger partial charge is 0.334 e. The highest BCUT2D eigenvalue weighted by Crippen LogP contribution is 2.55. The van der Waals surface area contributed by atoms with Gasteiger partial charge in [-0.2, -0.15) is 0 Å². The third-order valence-corrected chi connectivity index (χ3v) is 7.17. The van der Waals surface area contributed by atoms with E-state index >= 15 is 0 Å². The van der Waals surface area contributed by atoms with Crippen molar-refractivity contribution < 1.29 is 28.9 Å². The fourth-order valence-corrected chi connectivity index (χ4v) is 5.71. The zero-order valence-corrected chi connectivity index (χ0v) is 22.5. The van der Waals surface area contributed by atoms with E-state index in [0.717, 1.165) is 16.7 Å². The summed E-state index contributed by atoms with van der Waals surface area (Å²) in [6, 6.07) is 24.5. The van der Waals surface area contributed by atoms with E-state index in [0.29, 0.717) is 17.9 Å². The van der Waals surface area contributed by atoms with Crippen LogP contribution in [0.4, 0.5) is 0 Å². The molecule has 2 atom stereocenters. The van der Waals surface area contributed by atoms with Gasteiger partial charge in [0.1, 0.15) is 17.1 Å². The summed E-state index contributed by atoms with van der Waals surface area (Å²) in [6.45, 7) is 5.37. The lowest BCUT2D eigenvalue weighted by Crippen LogP contribution is -2.66. The summed E-state index contributed by atoms with van der Waals surface area (Å²) in [5.41, 5.74) is -1.49. The number of β-amino-alcohol motifs (C(OH)–C–C–N with tert-alkyl or cyclic N) is 1. The number of likely N-dealkylation sites (tertiary alicyclic amines) is 1. The topological polar surface area (TPSA) is 85.3 Å². The van der Waals surface area contributed by atoms with E-state index in [1.807, 2.05) is 78.9 Å². The quantitative estimate of drug-likeness (QED) is 0.272. The lowest BCUT2D eigenvalue weighted by atomic mass is 9.56. The second-order valence-corrected chi connectivity index (χ2v) is 10.6. The van der Waals surface area contributed by atoms with Gasteiger partial charge in [0, 0.05) is 13.0 Å². The monoisotopic (exact) mass is 517 g/mol. The minimum Gasteiger partial charge on any atom is -0.497 e. The van der Waals surface area contributed by atoms with Gasteiger partial charge >= 0.3 is 5.97 Å². The second-order valence-electron chi connectivity index (χ2n) is 10.6. The number of ether oxygens (including phenoxy) is 3. The van der Waals surface area contributed by atoms with E-state index in [1.54, 1.807) is 35.0 Å². The van der Waals surface area contributed by atoms with Crippen LogP contribution in [0.5, 0.6) is 11.5 Å². The third-order valence-electron chi connectivity index (χ3n) is 7.17. The summed E-state index contributed by atoms with van der Waals surface area (Å²) in [4.78, 5) is 28.7. The number of aliphatic hydroxyl groups is 1. The van der Waals surface area contributed by atoms with Gasteiger partial charge in [-0.05, 0) is 61.7 Å². The maximum atomic E-state index is 14.5. The van der Waals surface area contributed by atoms with Gasteiger partial charge in [-0.1, -0.05) is 54.6 Å². The highest BCUT2D eigenvalue weighted by Gasteiger charge is 2.67. The highest BCUT2D eigenvalue weighted by atomic mass is 16.6. The molecule has 0 unspecified atom stereocenters. The molecule has 1 aliphatic rings. The zero-order valence-electron chi connectivity index (χ0n) is 22.5. The summed E-state index contributed by atoms with van der Waals surface area (Å²) >= 11 is 0. The van der Waals surface area contributed by atoms with Crippen LogP contribution in [0.25, 0.3) is 0 Å². The first-order valence-corrected chi connectivity index (χ1v) is 12.6. The van der Waals surface area contributed by atoms with Gasteiger partial charge in [-0.15, -0.1) is 0 Å². The summed E-state index contributed by atoms with van der Waals surface area (Å²) in [6.07, 6.45) is -0.314. The summed E-state index contributed by atoms with van der Waals surface area (Å²) in [5, 5.41) is 11.0. The highest BCUT2D eigenvalue weighted by molar-refractivity contribution is 5.90. The van der Waals surface area contributed by atoms with Crippen molar-refractivity contribution in [3.63, 3.8) is 0 Å². The van der Waals surface area contributed by atoms with Crippen LogP contribution in [0.15, 0.2) is 78.9 Å². The molecule has 0 aliphatic carbocycles. The Morgan fingerprint density at radius 3 is 1.76 bits per heavy atom. The molecule has 200 valence electrons. The predicted octanol–water partition coefficient (Wildman–Crippen LogP) is 4.34. The number of carbonyl (C=O) groups excluding carboxylic acids is 2. The number of nitrogens with zero attached hydrogens (tertiary/aromatic N) is 1. The van der Waals surface area contributed by atoms with E-state index in [2.05, 4.69) is 0 Å². The molecule has 38 heavy (non-hydrogen) atoms. The molecule has 4 rings (SSSR count). The van der Waals surface area contributed by atoms with Gasteiger partial charge in [0.25, 0.3) is 0 Å². The fourth-order valence-electron chi connectivity index (χ4n) is 5.71. The molecule has 1 N–H and O–H groups in total. The Labute approximate surface area is 224 Å². The lowest BCUT2D eigenvalue weighted by molar-refractivity contribution is -0.173. The van der Waals surface area contributed by atoms with Crippen molar-refractivity contribution in [1.82, 2.24) is 4.90 Å². The first-order valence-electron chi connectivity index (χ1n) is 12.6. The Bertz CT molecular complexity index is 1200. The molecular weight excluding hydrogens is 482 g/mol. The van der Waals surface area contributed by atoms with E-state index in [9.17, 15) is 14.7 Å². The van der Waals surface area contributed by atoms with Crippen molar-refractivity contribution in [2.75, 3.05) is 20.8 Å². The van der Waals surface area contributed by atoms with Crippen molar-refractivity contribution in [3.05, 3.63) is 95.6 Å². The van der Waals surface area contributed by atoms with Crippen LogP contribution in [0.3, 0.4) is 0 Å². The molecule has 0 radical (unpaired) electrons. The zero-order chi connectivity index (χ0) is 27.6. The van der Waals surface area contributed by atoms with Crippen LogP contribution >= 0.6 is 0 Å². The number of hydrogen-bond donors (Lipinski definition) is 1. The summed E-state index contributed by atoms with van der Waals surface area (Å²) < 4.78 is 16.9. The van der Waals surface area contributed by atoms with E-state index in [-0.39, 0.29) is 13.0 Å². The van der Waals surface area contributed by atoms with Crippen LogP contribution in [0.1, 0.15) is 43.9 Å². The number of amides is 1. The number of esters is 1. The van der Waals surface area contributed by atoms with Crippen molar-refractivity contribution in [3.8, 4) is 11.5 Å². The van der Waals surface area contributed by atoms with Crippen molar-refractivity contribution in [2.45, 2.75) is 49.9 Å². The fraction of sp³-hybridized carbons (Fsp3) is 0.355. The molecule has 0 bridgehead atoms. The molecule has 1 heterocycles. The SMILES string of the molecule is COc1ccc(C(c2ccccc2)(c2ccc(OC)cc2)[C@@]2(C(=O)OC(C)(C)C)C[C@@H](O)CN2C=O)cc1. The average molecular weight is 518 g/mol. The van der Waals surface area contributed by atoms with Crippen molar-refractivity contribution >= 4 is 12.4 Å². The average Bonchev–Trinajstić information content (AvgIpc) is 3.27. The number of benzene rings is 3. The third kappa shape index (κ3) is 4.52. The number of aliphatic hydroxyl groups excluding tert-OH is 1. The van der Waals surface area contributed by atoms with E-state index in [4.69, 9.17) is 14.2 Å². The van der Waals surface area contributed by atoms with Crippen LogP contribution < -0.4 is 9.47 Å². The normalized spacial score (nSPS) is 19.6. The molecule has 7 nitrogen and oxygen atoms in total. The molecule has 0 spiro atoms. The molecule has 1 amide bonds. The largest absolute Gasteiger partial charge is 0.497 e. The van der Waals surface area contributed by atoms with Crippen LogP contribution in [0.2, 0.25) is 0 Å². The van der Waals surface area contributed by atoms with Crippen molar-refractivity contribution in [2.24, 2.45) is 0 Å². The number of rotatable bonds is 8. The lowest BCUT2D eigenvalue weighted by Gasteiger charge is -2.51. The maximum absolute atomic E-state index is 14.5. The molecule has 0 aromatic heterocycles. The van der Waals surface area contributed by atoms with Crippen LogP contribution in [-0.2, 0) is 19.7 Å². The van der Waals surface area contributed by atoms with E-state index in [1.165, 1.54) is 4.90 Å². The van der Waals surface area contributed by atoms with E-state index < -0.39 is 28.6 Å². The molecule has 1 fully saturated rings. The van der Waals surface area contributed by atoms with Gasteiger partial charge in [-0.25, -0.2) is 4.79 Å². The second kappa shape index (κ2) is 10.5. The Morgan fingerprint density at radius 2 is 1.34 bits per heavy atom. The molecule has 1 saturated heterocycles. The molecule has 3 aromatic rings. The number of hydrogen-bond acceptors (Lipinski definition) is 6. The molecule has 1 aliphatic heterocycles. The Kier molecular flexibility index (Phi) is 7.51. The van der Waals surface area contributed by atoms with Crippen molar-refractivity contribution in [1.29, 1.82) is 0 Å². The van der Waals surface area contributed by atoms with Gasteiger partial charge in [0.2, 0.25) is 6.41 Å². The Morgan fingerprint density at radius 1 is 0.868 bits per heavy atom. The minimum absolute atomic E-state index is 0.0103. The Balaban J connectivity index is 2.19. The first kappa shape index (κ1) is 27.2. The molecular formula is C31H35NO6. The molecule has 3 aromatic carbocycles. The number of methoxy groups -OCH3 is 2. The Hall–Kier alpha value is -3.84. The van der Waals surface area contributed by atoms with Crippen LogP contribution in [-0.4, -0.2) is 60.4 Å². The predicted molar refractivity (Wildman–Crippen MR) is 144 cm³/mol.